The number of hydrogen-bond acceptors (Lipinski definition) is 5. The lowest BCUT2D eigenvalue weighted by atomic mass is 10.2. The van der Waals surface area contributed by atoms with Crippen LogP contribution in [0.3, 0.4) is 0 Å². The van der Waals surface area contributed by atoms with Gasteiger partial charge in [-0.25, -0.2) is 0 Å². The Kier molecular flexibility index (Phi) is 9.16. The van der Waals surface area contributed by atoms with Gasteiger partial charge in [0.25, 0.3) is 11.8 Å². The number of hydrazine groups is 1. The zero-order valence-electron chi connectivity index (χ0n) is 15.9. The molecule has 2 aromatic carbocycles. The maximum Gasteiger partial charge on any atom is 0.276 e. The summed E-state index contributed by atoms with van der Waals surface area (Å²) >= 11 is 20.1. The van der Waals surface area contributed by atoms with Crippen molar-refractivity contribution in [3.05, 3.63) is 56.5 Å². The first-order valence-electron chi connectivity index (χ1n) is 8.60. The molecule has 0 saturated carbocycles. The Labute approximate surface area is 197 Å². The molecule has 2 aromatic rings. The van der Waals surface area contributed by atoms with Crippen LogP contribution in [0.15, 0.2) is 40.9 Å². The van der Waals surface area contributed by atoms with E-state index in [9.17, 15) is 9.59 Å². The topological polar surface area (TPSA) is 88.7 Å². The van der Waals surface area contributed by atoms with E-state index in [1.165, 1.54) is 6.07 Å². The molecular formula is C19H18BrCl2N3O4S. The number of rotatable bonds is 6. The Morgan fingerprint density at radius 1 is 1.10 bits per heavy atom. The summed E-state index contributed by atoms with van der Waals surface area (Å²) in [5.74, 6) is -0.0591. The molecule has 0 unspecified atom stereocenters. The lowest BCUT2D eigenvalue weighted by Crippen LogP contribution is -2.49. The molecule has 0 aromatic heterocycles. The SMILES string of the molecule is CC(C)Oc1ccc(C(=O)NC(=S)NNC(=O)COc2ccc(Cl)cc2Cl)cc1Br. The van der Waals surface area contributed by atoms with Gasteiger partial charge in [0.2, 0.25) is 0 Å². The van der Waals surface area contributed by atoms with Crippen molar-refractivity contribution in [2.45, 2.75) is 20.0 Å². The van der Waals surface area contributed by atoms with Crippen LogP contribution in [0.1, 0.15) is 24.2 Å². The molecule has 3 N–H and O–H groups in total. The molecule has 0 aliphatic rings. The summed E-state index contributed by atoms with van der Waals surface area (Å²) in [4.78, 5) is 24.2. The molecule has 0 heterocycles. The van der Waals surface area contributed by atoms with Crippen molar-refractivity contribution >= 4 is 68.3 Å². The van der Waals surface area contributed by atoms with Gasteiger partial charge in [-0.2, -0.15) is 0 Å². The van der Waals surface area contributed by atoms with E-state index in [-0.39, 0.29) is 22.8 Å². The van der Waals surface area contributed by atoms with Crippen molar-refractivity contribution < 1.29 is 19.1 Å². The molecule has 160 valence electrons. The third-order valence-corrected chi connectivity index (χ3v) is 4.71. The van der Waals surface area contributed by atoms with Gasteiger partial charge in [-0.3, -0.25) is 25.8 Å². The minimum Gasteiger partial charge on any atom is -0.490 e. The van der Waals surface area contributed by atoms with E-state index in [0.29, 0.717) is 26.6 Å². The van der Waals surface area contributed by atoms with E-state index in [4.69, 9.17) is 44.9 Å². The number of hydrogen-bond donors (Lipinski definition) is 3. The van der Waals surface area contributed by atoms with Crippen molar-refractivity contribution in [2.24, 2.45) is 0 Å². The second-order valence-corrected chi connectivity index (χ2v) is 8.24. The standard InChI is InChI=1S/C19H18BrCl2N3O4S/c1-10(2)29-15-5-3-11(7-13(15)20)18(27)23-19(30)25-24-17(26)9-28-16-6-4-12(21)8-14(16)22/h3-8,10H,9H2,1-2H3,(H,24,26)(H2,23,25,27,30). The van der Waals surface area contributed by atoms with Crippen LogP contribution >= 0.6 is 51.3 Å². The molecule has 0 spiro atoms. The monoisotopic (exact) mass is 533 g/mol. The van der Waals surface area contributed by atoms with Crippen molar-refractivity contribution in [3.8, 4) is 11.5 Å². The first-order chi connectivity index (χ1) is 14.2. The molecule has 0 radical (unpaired) electrons. The number of carbonyl (C=O) groups excluding carboxylic acids is 2. The van der Waals surface area contributed by atoms with Crippen LogP contribution < -0.4 is 25.6 Å². The highest BCUT2D eigenvalue weighted by Gasteiger charge is 2.12. The van der Waals surface area contributed by atoms with Gasteiger partial charge >= 0.3 is 0 Å². The normalized spacial score (nSPS) is 10.3. The number of thiocarbonyl (C=S) groups is 1. The van der Waals surface area contributed by atoms with Crippen molar-refractivity contribution in [1.29, 1.82) is 0 Å². The van der Waals surface area contributed by atoms with Gasteiger partial charge in [-0.1, -0.05) is 23.2 Å². The molecule has 0 aliphatic heterocycles. The Morgan fingerprint density at radius 2 is 1.80 bits per heavy atom. The Morgan fingerprint density at radius 3 is 2.43 bits per heavy atom. The molecule has 0 bridgehead atoms. The first kappa shape index (κ1) is 24.2. The minimum absolute atomic E-state index is 0.000984. The van der Waals surface area contributed by atoms with Gasteiger partial charge in [0.05, 0.1) is 15.6 Å². The number of halogens is 3. The van der Waals surface area contributed by atoms with Crippen molar-refractivity contribution in [1.82, 2.24) is 16.2 Å². The predicted octanol–water partition coefficient (Wildman–Crippen LogP) is 4.26. The van der Waals surface area contributed by atoms with Crippen molar-refractivity contribution in [3.63, 3.8) is 0 Å². The zero-order valence-corrected chi connectivity index (χ0v) is 19.8. The Hall–Kier alpha value is -2.07. The molecule has 11 heteroatoms. The number of ether oxygens (including phenoxy) is 2. The van der Waals surface area contributed by atoms with E-state index in [1.54, 1.807) is 30.3 Å². The van der Waals surface area contributed by atoms with Crippen LogP contribution in [0.4, 0.5) is 0 Å². The predicted molar refractivity (Wildman–Crippen MR) is 123 cm³/mol. The van der Waals surface area contributed by atoms with E-state index in [0.717, 1.165) is 0 Å². The molecule has 7 nitrogen and oxygen atoms in total. The second kappa shape index (κ2) is 11.4. The number of amides is 2. The fourth-order valence-electron chi connectivity index (χ4n) is 2.10. The maximum absolute atomic E-state index is 12.3. The largest absolute Gasteiger partial charge is 0.490 e. The van der Waals surface area contributed by atoms with E-state index in [1.807, 2.05) is 13.8 Å². The summed E-state index contributed by atoms with van der Waals surface area (Å²) in [5.41, 5.74) is 5.09. The summed E-state index contributed by atoms with van der Waals surface area (Å²) < 4.78 is 11.5. The quantitative estimate of drug-likeness (QED) is 0.379. The van der Waals surface area contributed by atoms with Crippen molar-refractivity contribution in [2.75, 3.05) is 6.61 Å². The van der Waals surface area contributed by atoms with Crippen LogP contribution in [0.5, 0.6) is 11.5 Å². The summed E-state index contributed by atoms with van der Waals surface area (Å²) in [6.45, 7) is 3.48. The molecule has 30 heavy (non-hydrogen) atoms. The van der Waals surface area contributed by atoms with Crippen LogP contribution in [0.2, 0.25) is 10.0 Å². The van der Waals surface area contributed by atoms with E-state index >= 15 is 0 Å². The lowest BCUT2D eigenvalue weighted by Gasteiger charge is -2.14. The van der Waals surface area contributed by atoms with Crippen LogP contribution in [0, 0.1) is 0 Å². The highest BCUT2D eigenvalue weighted by atomic mass is 79.9. The highest BCUT2D eigenvalue weighted by Crippen LogP contribution is 2.28. The van der Waals surface area contributed by atoms with E-state index in [2.05, 4.69) is 32.1 Å². The smallest absolute Gasteiger partial charge is 0.276 e. The van der Waals surface area contributed by atoms with Gasteiger partial charge in [0.15, 0.2) is 11.7 Å². The van der Waals surface area contributed by atoms with Crippen LogP contribution in [-0.4, -0.2) is 29.6 Å². The van der Waals surface area contributed by atoms with Gasteiger partial charge in [-0.05, 0) is 78.4 Å². The molecule has 0 fully saturated rings. The second-order valence-electron chi connectivity index (χ2n) is 6.13. The summed E-state index contributed by atoms with van der Waals surface area (Å²) in [6.07, 6.45) is 0.000984. The van der Waals surface area contributed by atoms with Gasteiger partial charge in [-0.15, -0.1) is 0 Å². The fourth-order valence-corrected chi connectivity index (χ4v) is 3.18. The number of benzene rings is 2. The van der Waals surface area contributed by atoms with Gasteiger partial charge in [0.1, 0.15) is 11.5 Å². The third kappa shape index (κ3) is 7.64. The van der Waals surface area contributed by atoms with Gasteiger partial charge in [0, 0.05) is 10.6 Å². The summed E-state index contributed by atoms with van der Waals surface area (Å²) in [5, 5.41) is 3.10. The van der Waals surface area contributed by atoms with Gasteiger partial charge < -0.3 is 9.47 Å². The molecule has 2 amide bonds. The molecule has 2 rings (SSSR count). The average molecular weight is 535 g/mol. The first-order valence-corrected chi connectivity index (χ1v) is 10.6. The van der Waals surface area contributed by atoms with Crippen LogP contribution in [0.25, 0.3) is 0 Å². The minimum atomic E-state index is -0.532. The average Bonchev–Trinajstić information content (AvgIpc) is 2.66. The summed E-state index contributed by atoms with van der Waals surface area (Å²) in [7, 11) is 0. The fraction of sp³-hybridized carbons (Fsp3) is 0.211. The molecule has 0 aliphatic carbocycles. The van der Waals surface area contributed by atoms with E-state index < -0.39 is 11.8 Å². The Bertz CT molecular complexity index is 959. The zero-order chi connectivity index (χ0) is 22.3. The third-order valence-electron chi connectivity index (χ3n) is 3.35. The molecular weight excluding hydrogens is 517 g/mol. The lowest BCUT2D eigenvalue weighted by molar-refractivity contribution is -0.123. The van der Waals surface area contributed by atoms with Crippen LogP contribution in [-0.2, 0) is 4.79 Å². The summed E-state index contributed by atoms with van der Waals surface area (Å²) in [6, 6.07) is 9.52. The Balaban J connectivity index is 1.80. The number of carbonyl (C=O) groups is 2. The molecule has 0 saturated heterocycles. The molecule has 0 atom stereocenters. The highest BCUT2D eigenvalue weighted by molar-refractivity contribution is 9.10. The number of nitrogens with one attached hydrogen (secondary N) is 3. The maximum atomic E-state index is 12.3.